The first-order chi connectivity index (χ1) is 7.86. The molecular weight excluding hydrogens is 200 g/mol. The molecule has 1 aromatic heterocycles. The lowest BCUT2D eigenvalue weighted by Crippen LogP contribution is -2.27. The fourth-order valence-electron chi connectivity index (χ4n) is 2.91. The van der Waals surface area contributed by atoms with Crippen molar-refractivity contribution >= 4 is 0 Å². The summed E-state index contributed by atoms with van der Waals surface area (Å²) in [5, 5.41) is 0. The van der Waals surface area contributed by atoms with Gasteiger partial charge in [0.25, 0.3) is 5.56 Å². The summed E-state index contributed by atoms with van der Waals surface area (Å²) < 4.78 is 1.90. The minimum absolute atomic E-state index is 0.263. The molecule has 16 heavy (non-hydrogen) atoms. The Balaban J connectivity index is 2.12. The van der Waals surface area contributed by atoms with Gasteiger partial charge in [-0.3, -0.25) is 9.36 Å². The zero-order valence-corrected chi connectivity index (χ0v) is 9.67. The fraction of sp³-hybridized carbons (Fsp3) is 0.692. The molecule has 0 atom stereocenters. The Hall–Kier alpha value is -1.12. The molecule has 1 aromatic rings. The quantitative estimate of drug-likeness (QED) is 0.666. The first-order valence-electron chi connectivity index (χ1n) is 6.48. The third kappa shape index (κ3) is 1.58. The predicted molar refractivity (Wildman–Crippen MR) is 62.7 cm³/mol. The van der Waals surface area contributed by atoms with Crippen molar-refractivity contribution in [2.45, 2.75) is 57.9 Å². The summed E-state index contributed by atoms with van der Waals surface area (Å²) in [7, 11) is 0. The van der Waals surface area contributed by atoms with Crippen LogP contribution in [-0.2, 0) is 25.8 Å². The van der Waals surface area contributed by atoms with Gasteiger partial charge in [0, 0.05) is 18.5 Å². The topological polar surface area (TPSA) is 34.9 Å². The summed E-state index contributed by atoms with van der Waals surface area (Å²) in [6.45, 7) is 0.883. The van der Waals surface area contributed by atoms with Crippen LogP contribution in [0.15, 0.2) is 4.79 Å². The van der Waals surface area contributed by atoms with E-state index in [9.17, 15) is 4.79 Å². The summed E-state index contributed by atoms with van der Waals surface area (Å²) in [5.41, 5.74) is 2.39. The van der Waals surface area contributed by atoms with Gasteiger partial charge in [0.1, 0.15) is 5.82 Å². The third-order valence-corrected chi connectivity index (χ3v) is 3.80. The van der Waals surface area contributed by atoms with Crippen molar-refractivity contribution in [1.29, 1.82) is 0 Å². The Labute approximate surface area is 95.5 Å². The molecule has 0 unspecified atom stereocenters. The van der Waals surface area contributed by atoms with E-state index in [4.69, 9.17) is 4.98 Å². The number of nitrogens with zero attached hydrogens (tertiary/aromatic N) is 2. The average Bonchev–Trinajstić information content (AvgIpc) is 2.69. The molecule has 0 bridgehead atoms. The van der Waals surface area contributed by atoms with E-state index in [1.807, 2.05) is 4.57 Å². The molecule has 0 saturated carbocycles. The standard InChI is InChI=1S/C13H18N2O/c16-13-10-6-3-1-2-4-7-11(10)14-12-8-5-9-15(12)13/h1-9H2. The lowest BCUT2D eigenvalue weighted by atomic mass is 9.98. The zero-order valence-electron chi connectivity index (χ0n) is 9.67. The lowest BCUT2D eigenvalue weighted by Gasteiger charge is -2.14. The van der Waals surface area contributed by atoms with Crippen LogP contribution < -0.4 is 5.56 Å². The minimum atomic E-state index is 0.263. The molecule has 0 saturated heterocycles. The van der Waals surface area contributed by atoms with Gasteiger partial charge < -0.3 is 0 Å². The van der Waals surface area contributed by atoms with Crippen LogP contribution in [0.3, 0.4) is 0 Å². The van der Waals surface area contributed by atoms with Crippen LogP contribution in [-0.4, -0.2) is 9.55 Å². The van der Waals surface area contributed by atoms with E-state index in [0.29, 0.717) is 0 Å². The number of aromatic nitrogens is 2. The van der Waals surface area contributed by atoms with Crippen molar-refractivity contribution in [3.8, 4) is 0 Å². The van der Waals surface area contributed by atoms with Gasteiger partial charge in [-0.1, -0.05) is 12.8 Å². The van der Waals surface area contributed by atoms with Gasteiger partial charge in [-0.05, 0) is 32.1 Å². The van der Waals surface area contributed by atoms with Gasteiger partial charge in [-0.15, -0.1) is 0 Å². The van der Waals surface area contributed by atoms with Crippen molar-refractivity contribution in [1.82, 2.24) is 9.55 Å². The van der Waals surface area contributed by atoms with Gasteiger partial charge in [0.15, 0.2) is 0 Å². The van der Waals surface area contributed by atoms with Crippen LogP contribution in [0, 0.1) is 0 Å². The summed E-state index contributed by atoms with van der Waals surface area (Å²) in [6.07, 6.45) is 8.94. The average molecular weight is 218 g/mol. The first kappa shape index (κ1) is 10.1. The molecule has 1 aliphatic carbocycles. The Bertz CT molecular complexity index is 462. The summed E-state index contributed by atoms with van der Waals surface area (Å²) in [5.74, 6) is 1.03. The minimum Gasteiger partial charge on any atom is -0.296 e. The van der Waals surface area contributed by atoms with E-state index in [1.54, 1.807) is 0 Å². The molecule has 0 fully saturated rings. The summed E-state index contributed by atoms with van der Waals surface area (Å²) >= 11 is 0. The van der Waals surface area contributed by atoms with Crippen LogP contribution in [0.1, 0.15) is 49.2 Å². The van der Waals surface area contributed by atoms with E-state index in [1.165, 1.54) is 19.3 Å². The Morgan fingerprint density at radius 1 is 0.938 bits per heavy atom. The number of fused-ring (bicyclic) bond motifs is 2. The second-order valence-electron chi connectivity index (χ2n) is 4.93. The van der Waals surface area contributed by atoms with E-state index < -0.39 is 0 Å². The lowest BCUT2D eigenvalue weighted by molar-refractivity contribution is 0.589. The molecule has 0 spiro atoms. The molecule has 0 N–H and O–H groups in total. The maximum atomic E-state index is 12.3. The van der Waals surface area contributed by atoms with Gasteiger partial charge in [0.2, 0.25) is 0 Å². The maximum absolute atomic E-state index is 12.3. The van der Waals surface area contributed by atoms with Crippen LogP contribution in [0.4, 0.5) is 0 Å². The molecule has 3 nitrogen and oxygen atoms in total. The fourth-order valence-corrected chi connectivity index (χ4v) is 2.91. The summed E-state index contributed by atoms with van der Waals surface area (Å²) in [6, 6.07) is 0. The Kier molecular flexibility index (Phi) is 2.54. The monoisotopic (exact) mass is 218 g/mol. The largest absolute Gasteiger partial charge is 0.296 e. The molecule has 0 amide bonds. The highest BCUT2D eigenvalue weighted by molar-refractivity contribution is 5.21. The van der Waals surface area contributed by atoms with Gasteiger partial charge >= 0.3 is 0 Å². The molecular formula is C13H18N2O. The second kappa shape index (κ2) is 4.04. The zero-order chi connectivity index (χ0) is 11.0. The predicted octanol–water partition coefficient (Wildman–Crippen LogP) is 1.85. The van der Waals surface area contributed by atoms with E-state index in [0.717, 1.165) is 55.7 Å². The molecule has 0 aromatic carbocycles. The van der Waals surface area contributed by atoms with Crippen LogP contribution in [0.25, 0.3) is 0 Å². The van der Waals surface area contributed by atoms with Crippen molar-refractivity contribution in [3.05, 3.63) is 27.4 Å². The highest BCUT2D eigenvalue weighted by atomic mass is 16.1. The molecule has 86 valence electrons. The van der Waals surface area contributed by atoms with E-state index in [2.05, 4.69) is 0 Å². The van der Waals surface area contributed by atoms with Crippen LogP contribution in [0.2, 0.25) is 0 Å². The molecule has 2 heterocycles. The second-order valence-corrected chi connectivity index (χ2v) is 4.93. The highest BCUT2D eigenvalue weighted by Gasteiger charge is 2.20. The number of hydrogen-bond donors (Lipinski definition) is 0. The van der Waals surface area contributed by atoms with Crippen molar-refractivity contribution in [3.63, 3.8) is 0 Å². The highest BCUT2D eigenvalue weighted by Crippen LogP contribution is 2.18. The van der Waals surface area contributed by atoms with Crippen LogP contribution >= 0.6 is 0 Å². The first-order valence-corrected chi connectivity index (χ1v) is 6.48. The normalized spacial score (nSPS) is 19.8. The van der Waals surface area contributed by atoms with Gasteiger partial charge in [-0.2, -0.15) is 0 Å². The summed E-state index contributed by atoms with van der Waals surface area (Å²) in [4.78, 5) is 17.0. The van der Waals surface area contributed by atoms with Gasteiger partial charge in [-0.25, -0.2) is 4.98 Å². The van der Waals surface area contributed by atoms with E-state index >= 15 is 0 Å². The van der Waals surface area contributed by atoms with Crippen molar-refractivity contribution in [2.75, 3.05) is 0 Å². The van der Waals surface area contributed by atoms with Crippen molar-refractivity contribution < 1.29 is 0 Å². The van der Waals surface area contributed by atoms with E-state index in [-0.39, 0.29) is 5.56 Å². The van der Waals surface area contributed by atoms with Crippen LogP contribution in [0.5, 0.6) is 0 Å². The smallest absolute Gasteiger partial charge is 0.256 e. The Morgan fingerprint density at radius 3 is 2.62 bits per heavy atom. The molecule has 0 radical (unpaired) electrons. The number of rotatable bonds is 0. The van der Waals surface area contributed by atoms with Crippen molar-refractivity contribution in [2.24, 2.45) is 0 Å². The Morgan fingerprint density at radius 2 is 1.75 bits per heavy atom. The molecule has 2 aliphatic rings. The molecule has 3 heteroatoms. The SMILES string of the molecule is O=c1c2c(nc3n1CCC3)CCCCCC2. The maximum Gasteiger partial charge on any atom is 0.256 e. The molecule has 3 rings (SSSR count). The number of aryl methyl sites for hydroxylation is 2. The molecule has 1 aliphatic heterocycles. The third-order valence-electron chi connectivity index (χ3n) is 3.80. The number of hydrogen-bond acceptors (Lipinski definition) is 2. The van der Waals surface area contributed by atoms with Gasteiger partial charge in [0.05, 0.1) is 5.69 Å².